The zero-order chi connectivity index (χ0) is 13.3. The van der Waals surface area contributed by atoms with Crippen molar-refractivity contribution in [1.29, 1.82) is 0 Å². The van der Waals surface area contributed by atoms with Crippen LogP contribution in [0, 0.1) is 0 Å². The van der Waals surface area contributed by atoms with Crippen molar-refractivity contribution >= 4 is 0 Å². The maximum atomic E-state index is 6.34. The van der Waals surface area contributed by atoms with Gasteiger partial charge in [0.15, 0.2) is 0 Å². The molecule has 2 aliphatic heterocycles. The standard InChI is InChI=1S/C16H23NO2/c1-3-9-17-14-11-16(8-10-18-12(16)2)19-15-7-5-4-6-13(14)15/h4-7,12,14,17H,3,8-11H2,1-2H3. The quantitative estimate of drug-likeness (QED) is 0.907. The van der Waals surface area contributed by atoms with E-state index in [-0.39, 0.29) is 11.7 Å². The van der Waals surface area contributed by atoms with E-state index in [4.69, 9.17) is 9.47 Å². The lowest BCUT2D eigenvalue weighted by Crippen LogP contribution is -2.48. The molecule has 0 saturated carbocycles. The molecule has 1 saturated heterocycles. The predicted molar refractivity (Wildman–Crippen MR) is 75.5 cm³/mol. The Balaban J connectivity index is 1.91. The minimum Gasteiger partial charge on any atom is -0.484 e. The SMILES string of the molecule is CCCNC1CC2(CCOC2C)Oc2ccccc21. The number of nitrogens with one attached hydrogen (secondary N) is 1. The number of rotatable bonds is 3. The molecule has 3 nitrogen and oxygen atoms in total. The fourth-order valence-electron chi connectivity index (χ4n) is 3.24. The fraction of sp³-hybridized carbons (Fsp3) is 0.625. The molecule has 19 heavy (non-hydrogen) atoms. The van der Waals surface area contributed by atoms with Crippen LogP contribution in [0.4, 0.5) is 0 Å². The summed E-state index contributed by atoms with van der Waals surface area (Å²) in [4.78, 5) is 0. The van der Waals surface area contributed by atoms with E-state index in [1.165, 1.54) is 5.56 Å². The highest BCUT2D eigenvalue weighted by molar-refractivity contribution is 5.39. The molecule has 1 fully saturated rings. The maximum Gasteiger partial charge on any atom is 0.139 e. The molecular weight excluding hydrogens is 238 g/mol. The first-order chi connectivity index (χ1) is 9.25. The van der Waals surface area contributed by atoms with Crippen LogP contribution in [0.3, 0.4) is 0 Å². The summed E-state index contributed by atoms with van der Waals surface area (Å²) in [5, 5.41) is 3.66. The second-order valence-corrected chi connectivity index (χ2v) is 5.68. The minimum atomic E-state index is -0.139. The van der Waals surface area contributed by atoms with Crippen LogP contribution in [0.2, 0.25) is 0 Å². The predicted octanol–water partition coefficient (Wildman–Crippen LogP) is 3.06. The molecule has 1 spiro atoms. The van der Waals surface area contributed by atoms with Gasteiger partial charge in [0.1, 0.15) is 11.4 Å². The van der Waals surface area contributed by atoms with Crippen molar-refractivity contribution in [2.45, 2.75) is 50.9 Å². The zero-order valence-corrected chi connectivity index (χ0v) is 11.8. The van der Waals surface area contributed by atoms with Crippen LogP contribution in [0.5, 0.6) is 5.75 Å². The molecule has 3 unspecified atom stereocenters. The summed E-state index contributed by atoms with van der Waals surface area (Å²) in [6, 6.07) is 8.79. The average Bonchev–Trinajstić information content (AvgIpc) is 2.77. The highest BCUT2D eigenvalue weighted by Crippen LogP contribution is 2.45. The van der Waals surface area contributed by atoms with Crippen molar-refractivity contribution in [3.05, 3.63) is 29.8 Å². The van der Waals surface area contributed by atoms with Crippen LogP contribution >= 0.6 is 0 Å². The van der Waals surface area contributed by atoms with Crippen molar-refractivity contribution in [2.75, 3.05) is 13.2 Å². The summed E-state index contributed by atoms with van der Waals surface area (Å²) in [5.74, 6) is 1.03. The summed E-state index contributed by atoms with van der Waals surface area (Å²) in [6.45, 7) is 6.20. The molecule has 3 heteroatoms. The van der Waals surface area contributed by atoms with Crippen molar-refractivity contribution in [1.82, 2.24) is 5.32 Å². The first-order valence-electron chi connectivity index (χ1n) is 7.38. The van der Waals surface area contributed by atoms with Gasteiger partial charge in [0, 0.05) is 24.4 Å². The van der Waals surface area contributed by atoms with Gasteiger partial charge in [-0.15, -0.1) is 0 Å². The number of benzene rings is 1. The molecule has 0 bridgehead atoms. The van der Waals surface area contributed by atoms with E-state index in [1.807, 2.05) is 0 Å². The largest absolute Gasteiger partial charge is 0.484 e. The van der Waals surface area contributed by atoms with Gasteiger partial charge in [0.25, 0.3) is 0 Å². The third-order valence-electron chi connectivity index (χ3n) is 4.43. The molecule has 1 aromatic carbocycles. The molecule has 2 heterocycles. The lowest BCUT2D eigenvalue weighted by Gasteiger charge is -2.41. The third-order valence-corrected chi connectivity index (χ3v) is 4.43. The van der Waals surface area contributed by atoms with E-state index in [0.717, 1.165) is 38.2 Å². The maximum absolute atomic E-state index is 6.34. The molecule has 1 aromatic rings. The van der Waals surface area contributed by atoms with E-state index in [9.17, 15) is 0 Å². The summed E-state index contributed by atoms with van der Waals surface area (Å²) in [5.41, 5.74) is 1.15. The minimum absolute atomic E-state index is 0.139. The Morgan fingerprint density at radius 1 is 1.37 bits per heavy atom. The van der Waals surface area contributed by atoms with Crippen LogP contribution in [-0.2, 0) is 4.74 Å². The number of hydrogen-bond donors (Lipinski definition) is 1. The monoisotopic (exact) mass is 261 g/mol. The molecular formula is C16H23NO2. The van der Waals surface area contributed by atoms with E-state index in [2.05, 4.69) is 43.4 Å². The van der Waals surface area contributed by atoms with E-state index in [1.54, 1.807) is 0 Å². The average molecular weight is 261 g/mol. The molecule has 3 rings (SSSR count). The number of fused-ring (bicyclic) bond motifs is 1. The highest BCUT2D eigenvalue weighted by atomic mass is 16.6. The lowest BCUT2D eigenvalue weighted by molar-refractivity contribution is -0.0307. The normalized spacial score (nSPS) is 33.2. The van der Waals surface area contributed by atoms with Gasteiger partial charge in [-0.1, -0.05) is 25.1 Å². The van der Waals surface area contributed by atoms with E-state index < -0.39 is 0 Å². The van der Waals surface area contributed by atoms with Crippen molar-refractivity contribution < 1.29 is 9.47 Å². The Kier molecular flexibility index (Phi) is 3.50. The molecule has 1 N–H and O–H groups in total. The van der Waals surface area contributed by atoms with Gasteiger partial charge in [-0.05, 0) is 26.0 Å². The summed E-state index contributed by atoms with van der Waals surface area (Å²) >= 11 is 0. The molecule has 3 atom stereocenters. The van der Waals surface area contributed by atoms with Crippen LogP contribution in [0.1, 0.15) is 44.7 Å². The molecule has 0 radical (unpaired) electrons. The Bertz CT molecular complexity index is 448. The zero-order valence-electron chi connectivity index (χ0n) is 11.8. The van der Waals surface area contributed by atoms with Gasteiger partial charge in [-0.25, -0.2) is 0 Å². The molecule has 0 aliphatic carbocycles. The second kappa shape index (κ2) is 5.14. The smallest absolute Gasteiger partial charge is 0.139 e. The van der Waals surface area contributed by atoms with Crippen LogP contribution in [0.15, 0.2) is 24.3 Å². The number of hydrogen-bond acceptors (Lipinski definition) is 3. The number of ether oxygens (including phenoxy) is 2. The molecule has 0 amide bonds. The molecule has 2 aliphatic rings. The van der Waals surface area contributed by atoms with Gasteiger partial charge in [0.05, 0.1) is 12.7 Å². The third kappa shape index (κ3) is 2.26. The Labute approximate surface area is 115 Å². The van der Waals surface area contributed by atoms with Crippen LogP contribution < -0.4 is 10.1 Å². The van der Waals surface area contributed by atoms with E-state index >= 15 is 0 Å². The van der Waals surface area contributed by atoms with Gasteiger partial charge < -0.3 is 14.8 Å². The lowest BCUT2D eigenvalue weighted by atomic mass is 9.83. The van der Waals surface area contributed by atoms with Gasteiger partial charge in [0.2, 0.25) is 0 Å². The summed E-state index contributed by atoms with van der Waals surface area (Å²) in [6.07, 6.45) is 3.32. The van der Waals surface area contributed by atoms with Crippen molar-refractivity contribution in [2.24, 2.45) is 0 Å². The van der Waals surface area contributed by atoms with Crippen molar-refractivity contribution in [3.8, 4) is 5.75 Å². The molecule has 104 valence electrons. The van der Waals surface area contributed by atoms with Gasteiger partial charge >= 0.3 is 0 Å². The molecule has 0 aromatic heterocycles. The van der Waals surface area contributed by atoms with Crippen LogP contribution in [0.25, 0.3) is 0 Å². The first-order valence-corrected chi connectivity index (χ1v) is 7.38. The number of para-hydroxylation sites is 1. The Hall–Kier alpha value is -1.06. The second-order valence-electron chi connectivity index (χ2n) is 5.68. The fourth-order valence-corrected chi connectivity index (χ4v) is 3.24. The van der Waals surface area contributed by atoms with Gasteiger partial charge in [-0.2, -0.15) is 0 Å². The first kappa shape index (κ1) is 12.9. The topological polar surface area (TPSA) is 30.5 Å². The summed E-state index contributed by atoms with van der Waals surface area (Å²) < 4.78 is 12.1. The Morgan fingerprint density at radius 3 is 2.95 bits per heavy atom. The Morgan fingerprint density at radius 2 is 2.21 bits per heavy atom. The van der Waals surface area contributed by atoms with Crippen molar-refractivity contribution in [3.63, 3.8) is 0 Å². The van der Waals surface area contributed by atoms with Gasteiger partial charge in [-0.3, -0.25) is 0 Å². The van der Waals surface area contributed by atoms with Crippen LogP contribution in [-0.4, -0.2) is 24.9 Å². The highest BCUT2D eigenvalue weighted by Gasteiger charge is 2.48. The summed E-state index contributed by atoms with van der Waals surface area (Å²) in [7, 11) is 0. The van der Waals surface area contributed by atoms with E-state index in [0.29, 0.717) is 6.04 Å².